The second kappa shape index (κ2) is 7.00. The van der Waals surface area contributed by atoms with Crippen molar-refractivity contribution in [2.75, 3.05) is 0 Å². The van der Waals surface area contributed by atoms with Crippen LogP contribution in [0, 0.1) is 6.92 Å². The van der Waals surface area contributed by atoms with Crippen molar-refractivity contribution in [1.29, 1.82) is 0 Å². The van der Waals surface area contributed by atoms with Gasteiger partial charge < -0.3 is 4.74 Å². The number of hydrogen-bond acceptors (Lipinski definition) is 1. The molecule has 0 amide bonds. The van der Waals surface area contributed by atoms with Gasteiger partial charge in [-0.3, -0.25) is 0 Å². The summed E-state index contributed by atoms with van der Waals surface area (Å²) in [6.45, 7) is 11.1. The van der Waals surface area contributed by atoms with Crippen molar-refractivity contribution in [2.45, 2.75) is 59.0 Å². The van der Waals surface area contributed by atoms with Crippen LogP contribution in [0.3, 0.4) is 0 Å². The molecule has 0 N–H and O–H groups in total. The molecule has 0 aliphatic rings. The summed E-state index contributed by atoms with van der Waals surface area (Å²) in [6.07, 6.45) is 2.26. The summed E-state index contributed by atoms with van der Waals surface area (Å²) < 4.78 is 6.45. The fraction of sp³-hybridized carbons (Fsp3) is 0.429. The minimum atomic E-state index is 0.0782. The molecular weight excluding hydrogens is 268 g/mol. The highest BCUT2D eigenvalue weighted by atomic mass is 16.5. The van der Waals surface area contributed by atoms with Gasteiger partial charge in [0.05, 0.1) is 0 Å². The van der Waals surface area contributed by atoms with Crippen molar-refractivity contribution in [2.24, 2.45) is 0 Å². The van der Waals surface area contributed by atoms with Gasteiger partial charge in [0.15, 0.2) is 0 Å². The van der Waals surface area contributed by atoms with Crippen molar-refractivity contribution in [3.8, 4) is 5.75 Å². The van der Waals surface area contributed by atoms with E-state index in [1.807, 2.05) is 0 Å². The Bertz CT molecular complexity index is 593. The summed E-state index contributed by atoms with van der Waals surface area (Å²) >= 11 is 0. The van der Waals surface area contributed by atoms with Crippen LogP contribution >= 0.6 is 0 Å². The van der Waals surface area contributed by atoms with Crippen molar-refractivity contribution >= 4 is 0 Å². The Morgan fingerprint density at radius 3 is 2.27 bits per heavy atom. The van der Waals surface area contributed by atoms with Crippen molar-refractivity contribution in [3.63, 3.8) is 0 Å². The molecule has 118 valence electrons. The number of aryl methyl sites for hydroxylation is 1. The van der Waals surface area contributed by atoms with Crippen LogP contribution in [0.5, 0.6) is 5.75 Å². The molecule has 2 aromatic rings. The SMILES string of the molecule is CCC[C@H](Oc1ccc(C)cc1C(C)(C)C)c1ccccc1. The van der Waals surface area contributed by atoms with Crippen LogP contribution < -0.4 is 4.74 Å². The molecule has 0 fully saturated rings. The van der Waals surface area contributed by atoms with E-state index in [0.717, 1.165) is 18.6 Å². The van der Waals surface area contributed by atoms with Gasteiger partial charge in [0.2, 0.25) is 0 Å². The van der Waals surface area contributed by atoms with Crippen molar-refractivity contribution in [1.82, 2.24) is 0 Å². The van der Waals surface area contributed by atoms with E-state index in [-0.39, 0.29) is 11.5 Å². The largest absolute Gasteiger partial charge is 0.485 e. The monoisotopic (exact) mass is 296 g/mol. The number of hydrogen-bond donors (Lipinski definition) is 0. The third-order valence-corrected chi connectivity index (χ3v) is 3.93. The van der Waals surface area contributed by atoms with E-state index in [1.165, 1.54) is 16.7 Å². The van der Waals surface area contributed by atoms with Crippen LogP contribution in [-0.2, 0) is 5.41 Å². The molecule has 0 saturated carbocycles. The minimum Gasteiger partial charge on any atom is -0.485 e. The average Bonchev–Trinajstić information content (AvgIpc) is 2.48. The second-order valence-corrected chi connectivity index (χ2v) is 7.06. The molecule has 2 aromatic carbocycles. The van der Waals surface area contributed by atoms with Crippen LogP contribution in [0.15, 0.2) is 48.5 Å². The van der Waals surface area contributed by atoms with Gasteiger partial charge in [0.1, 0.15) is 11.9 Å². The van der Waals surface area contributed by atoms with Gasteiger partial charge in [0, 0.05) is 0 Å². The number of benzene rings is 2. The first-order valence-corrected chi connectivity index (χ1v) is 8.24. The molecule has 1 heteroatoms. The van der Waals surface area contributed by atoms with E-state index in [4.69, 9.17) is 4.74 Å². The summed E-state index contributed by atoms with van der Waals surface area (Å²) in [5.41, 5.74) is 3.90. The Labute approximate surface area is 135 Å². The van der Waals surface area contributed by atoms with Gasteiger partial charge in [-0.15, -0.1) is 0 Å². The molecule has 2 rings (SSSR count). The van der Waals surface area contributed by atoms with Crippen molar-refractivity contribution in [3.05, 3.63) is 65.2 Å². The predicted molar refractivity (Wildman–Crippen MR) is 94.6 cm³/mol. The Morgan fingerprint density at radius 1 is 1.00 bits per heavy atom. The lowest BCUT2D eigenvalue weighted by Crippen LogP contribution is -2.16. The molecule has 22 heavy (non-hydrogen) atoms. The maximum atomic E-state index is 6.45. The van der Waals surface area contributed by atoms with Gasteiger partial charge >= 0.3 is 0 Å². The summed E-state index contributed by atoms with van der Waals surface area (Å²) in [5.74, 6) is 1.01. The number of ether oxygens (including phenoxy) is 1. The Morgan fingerprint density at radius 2 is 1.68 bits per heavy atom. The molecule has 0 unspecified atom stereocenters. The molecular formula is C21H28O. The van der Waals surface area contributed by atoms with Crippen LogP contribution in [-0.4, -0.2) is 0 Å². The molecule has 0 aliphatic carbocycles. The average molecular weight is 296 g/mol. The van der Waals surface area contributed by atoms with Gasteiger partial charge in [-0.2, -0.15) is 0 Å². The summed E-state index contributed by atoms with van der Waals surface area (Å²) in [6, 6.07) is 17.1. The third-order valence-electron chi connectivity index (χ3n) is 3.93. The van der Waals surface area contributed by atoms with E-state index in [2.05, 4.69) is 83.1 Å². The highest BCUT2D eigenvalue weighted by molar-refractivity contribution is 5.41. The topological polar surface area (TPSA) is 9.23 Å². The first kappa shape index (κ1) is 16.6. The van der Waals surface area contributed by atoms with Crippen molar-refractivity contribution < 1.29 is 4.74 Å². The second-order valence-electron chi connectivity index (χ2n) is 7.06. The summed E-state index contributed by atoms with van der Waals surface area (Å²) in [5, 5.41) is 0. The zero-order valence-electron chi connectivity index (χ0n) is 14.5. The Hall–Kier alpha value is -1.76. The highest BCUT2D eigenvalue weighted by Gasteiger charge is 2.21. The predicted octanol–water partition coefficient (Wildman–Crippen LogP) is 6.21. The summed E-state index contributed by atoms with van der Waals surface area (Å²) in [7, 11) is 0. The normalized spacial score (nSPS) is 13.0. The van der Waals surface area contributed by atoms with E-state index in [1.54, 1.807) is 0 Å². The first-order valence-electron chi connectivity index (χ1n) is 8.24. The highest BCUT2D eigenvalue weighted by Crippen LogP contribution is 2.35. The first-order chi connectivity index (χ1) is 10.4. The maximum Gasteiger partial charge on any atom is 0.124 e. The van der Waals surface area contributed by atoms with Gasteiger partial charge in [-0.1, -0.05) is 82.1 Å². The molecule has 1 atom stereocenters. The molecule has 0 bridgehead atoms. The fourth-order valence-electron chi connectivity index (χ4n) is 2.71. The molecule has 0 saturated heterocycles. The van der Waals surface area contributed by atoms with Crippen LogP contribution in [0.4, 0.5) is 0 Å². The Kier molecular flexibility index (Phi) is 5.28. The smallest absolute Gasteiger partial charge is 0.124 e. The van der Waals surface area contributed by atoms with E-state index in [0.29, 0.717) is 0 Å². The van der Waals surface area contributed by atoms with Crippen LogP contribution in [0.1, 0.15) is 63.3 Å². The standard InChI is InChI=1S/C21H28O/c1-6-10-19(17-11-8-7-9-12-17)22-20-14-13-16(2)15-18(20)21(3,4)5/h7-9,11-15,19H,6,10H2,1-5H3/t19-/m0/s1. The van der Waals surface area contributed by atoms with E-state index in [9.17, 15) is 0 Å². The minimum absolute atomic E-state index is 0.0782. The zero-order chi connectivity index (χ0) is 16.2. The number of rotatable bonds is 5. The zero-order valence-corrected chi connectivity index (χ0v) is 14.5. The molecule has 1 nitrogen and oxygen atoms in total. The lowest BCUT2D eigenvalue weighted by molar-refractivity contribution is 0.189. The quantitative estimate of drug-likeness (QED) is 0.637. The lowest BCUT2D eigenvalue weighted by atomic mass is 9.85. The third kappa shape index (κ3) is 4.13. The maximum absolute atomic E-state index is 6.45. The van der Waals surface area contributed by atoms with Crippen LogP contribution in [0.25, 0.3) is 0 Å². The molecule has 0 aromatic heterocycles. The van der Waals surface area contributed by atoms with E-state index < -0.39 is 0 Å². The van der Waals surface area contributed by atoms with E-state index >= 15 is 0 Å². The lowest BCUT2D eigenvalue weighted by Gasteiger charge is -2.27. The Balaban J connectivity index is 2.35. The molecule has 0 heterocycles. The van der Waals surface area contributed by atoms with Gasteiger partial charge in [-0.05, 0) is 36.0 Å². The van der Waals surface area contributed by atoms with Gasteiger partial charge in [0.25, 0.3) is 0 Å². The van der Waals surface area contributed by atoms with Crippen LogP contribution in [0.2, 0.25) is 0 Å². The molecule has 0 spiro atoms. The fourth-order valence-corrected chi connectivity index (χ4v) is 2.71. The molecule has 0 aliphatic heterocycles. The summed E-state index contributed by atoms with van der Waals surface area (Å²) in [4.78, 5) is 0. The van der Waals surface area contributed by atoms with Gasteiger partial charge in [-0.25, -0.2) is 0 Å². The molecule has 0 radical (unpaired) electrons.